The second-order valence-corrected chi connectivity index (χ2v) is 6.18. The molecule has 2 aromatic carbocycles. The van der Waals surface area contributed by atoms with Crippen LogP contribution >= 0.6 is 0 Å². The lowest BCUT2D eigenvalue weighted by molar-refractivity contribution is 0.0985. The van der Waals surface area contributed by atoms with Gasteiger partial charge in [0.05, 0.1) is 11.4 Å². The van der Waals surface area contributed by atoms with Crippen LogP contribution in [-0.2, 0) is 0 Å². The van der Waals surface area contributed by atoms with Crippen molar-refractivity contribution in [1.82, 2.24) is 9.78 Å². The molecule has 1 aliphatic rings. The van der Waals surface area contributed by atoms with Crippen LogP contribution in [0.4, 0.5) is 5.69 Å². The highest BCUT2D eigenvalue weighted by molar-refractivity contribution is 6.05. The second kappa shape index (κ2) is 5.96. The first-order valence-electron chi connectivity index (χ1n) is 8.22. The molecule has 0 bridgehead atoms. The van der Waals surface area contributed by atoms with Gasteiger partial charge in [-0.2, -0.15) is 5.10 Å². The zero-order chi connectivity index (χ0) is 16.5. The maximum Gasteiger partial charge on any atom is 0.276 e. The van der Waals surface area contributed by atoms with E-state index >= 15 is 0 Å². The van der Waals surface area contributed by atoms with Gasteiger partial charge in [0, 0.05) is 18.7 Å². The number of carbonyl (C=O) groups excluding carboxylic acids is 1. The Balaban J connectivity index is 1.75. The first kappa shape index (κ1) is 14.7. The van der Waals surface area contributed by atoms with E-state index in [2.05, 4.69) is 0 Å². The van der Waals surface area contributed by atoms with Crippen molar-refractivity contribution in [1.29, 1.82) is 0 Å². The van der Waals surface area contributed by atoms with E-state index in [1.165, 1.54) is 0 Å². The molecule has 0 spiro atoms. The summed E-state index contributed by atoms with van der Waals surface area (Å²) in [6.45, 7) is 0. The summed E-state index contributed by atoms with van der Waals surface area (Å²) in [5, 5.41) is 4.71. The van der Waals surface area contributed by atoms with Gasteiger partial charge >= 0.3 is 0 Å². The fraction of sp³-hybridized carbons (Fsp3) is 0.200. The molecule has 0 N–H and O–H groups in total. The van der Waals surface area contributed by atoms with Gasteiger partial charge in [-0.1, -0.05) is 36.4 Å². The summed E-state index contributed by atoms with van der Waals surface area (Å²) >= 11 is 0. The van der Waals surface area contributed by atoms with Crippen molar-refractivity contribution in [3.63, 3.8) is 0 Å². The maximum absolute atomic E-state index is 13.1. The van der Waals surface area contributed by atoms with E-state index in [0.29, 0.717) is 11.6 Å². The highest BCUT2D eigenvalue weighted by Gasteiger charge is 2.30. The van der Waals surface area contributed by atoms with Crippen molar-refractivity contribution >= 4 is 11.6 Å². The van der Waals surface area contributed by atoms with Gasteiger partial charge in [-0.3, -0.25) is 4.79 Å². The van der Waals surface area contributed by atoms with Crippen molar-refractivity contribution in [2.24, 2.45) is 0 Å². The van der Waals surface area contributed by atoms with Crippen LogP contribution < -0.4 is 4.90 Å². The van der Waals surface area contributed by atoms with Crippen molar-refractivity contribution < 1.29 is 4.79 Å². The summed E-state index contributed by atoms with van der Waals surface area (Å²) in [7, 11) is 1.80. The summed E-state index contributed by atoms with van der Waals surface area (Å²) in [6.07, 6.45) is 2.32. The van der Waals surface area contributed by atoms with E-state index in [1.54, 1.807) is 16.6 Å². The summed E-state index contributed by atoms with van der Waals surface area (Å²) in [5.41, 5.74) is 3.41. The predicted octanol–water partition coefficient (Wildman–Crippen LogP) is 4.03. The van der Waals surface area contributed by atoms with E-state index in [4.69, 9.17) is 5.10 Å². The lowest BCUT2D eigenvalue weighted by Crippen LogP contribution is -2.28. The van der Waals surface area contributed by atoms with Crippen LogP contribution in [0.5, 0.6) is 0 Å². The van der Waals surface area contributed by atoms with Gasteiger partial charge in [0.2, 0.25) is 0 Å². The Labute approximate surface area is 141 Å². The second-order valence-electron chi connectivity index (χ2n) is 6.18. The van der Waals surface area contributed by atoms with Crippen LogP contribution in [0.3, 0.4) is 0 Å². The minimum Gasteiger partial charge on any atom is -0.310 e. The molecule has 1 aromatic heterocycles. The molecule has 1 heterocycles. The minimum atomic E-state index is -0.0514. The molecule has 1 saturated carbocycles. The van der Waals surface area contributed by atoms with Crippen LogP contribution in [0.1, 0.15) is 34.9 Å². The molecule has 4 rings (SSSR count). The standard InChI is InChI=1S/C20H19N3O/c1-22(16-8-4-2-5-9-16)20(24)19-14-18(15-12-13-15)21-23(19)17-10-6-3-7-11-17/h2-11,14-15H,12-13H2,1H3. The zero-order valence-corrected chi connectivity index (χ0v) is 13.6. The normalized spacial score (nSPS) is 13.7. The molecule has 0 radical (unpaired) electrons. The van der Waals surface area contributed by atoms with E-state index in [1.807, 2.05) is 66.7 Å². The Hall–Kier alpha value is -2.88. The van der Waals surface area contributed by atoms with Crippen LogP contribution in [0, 0.1) is 0 Å². The number of nitrogens with zero attached hydrogens (tertiary/aromatic N) is 3. The number of amides is 1. The Morgan fingerprint density at radius 2 is 1.67 bits per heavy atom. The van der Waals surface area contributed by atoms with Gasteiger partial charge in [0.25, 0.3) is 5.91 Å². The molecule has 4 nitrogen and oxygen atoms in total. The molecule has 1 amide bonds. The molecule has 24 heavy (non-hydrogen) atoms. The van der Waals surface area contributed by atoms with Crippen LogP contribution in [-0.4, -0.2) is 22.7 Å². The molecule has 1 aliphatic carbocycles. The van der Waals surface area contributed by atoms with Crippen molar-refractivity contribution in [3.8, 4) is 5.69 Å². The first-order chi connectivity index (χ1) is 11.7. The molecular formula is C20H19N3O. The monoisotopic (exact) mass is 317 g/mol. The Morgan fingerprint density at radius 1 is 1.04 bits per heavy atom. The van der Waals surface area contributed by atoms with Crippen LogP contribution in [0.15, 0.2) is 66.7 Å². The van der Waals surface area contributed by atoms with E-state index < -0.39 is 0 Å². The van der Waals surface area contributed by atoms with Crippen LogP contribution in [0.25, 0.3) is 5.69 Å². The number of hydrogen-bond acceptors (Lipinski definition) is 2. The van der Waals surface area contributed by atoms with Gasteiger partial charge in [-0.25, -0.2) is 4.68 Å². The first-order valence-corrected chi connectivity index (χ1v) is 8.22. The maximum atomic E-state index is 13.1. The number of hydrogen-bond donors (Lipinski definition) is 0. The zero-order valence-electron chi connectivity index (χ0n) is 13.6. The summed E-state index contributed by atoms with van der Waals surface area (Å²) in [5.74, 6) is 0.452. The SMILES string of the molecule is CN(C(=O)c1cc(C2CC2)nn1-c1ccccc1)c1ccccc1. The highest BCUT2D eigenvalue weighted by atomic mass is 16.2. The molecule has 0 saturated heterocycles. The average Bonchev–Trinajstić information content (AvgIpc) is 3.40. The van der Waals surface area contributed by atoms with Gasteiger partial charge in [-0.05, 0) is 43.2 Å². The molecule has 0 aliphatic heterocycles. The Kier molecular flexibility index (Phi) is 3.65. The average molecular weight is 317 g/mol. The van der Waals surface area contributed by atoms with Gasteiger partial charge < -0.3 is 4.90 Å². The molecular weight excluding hydrogens is 298 g/mol. The smallest absolute Gasteiger partial charge is 0.276 e. The van der Waals surface area contributed by atoms with Crippen molar-refractivity contribution in [3.05, 3.63) is 78.1 Å². The molecule has 120 valence electrons. The topological polar surface area (TPSA) is 38.1 Å². The fourth-order valence-electron chi connectivity index (χ4n) is 2.84. The van der Waals surface area contributed by atoms with E-state index in [-0.39, 0.29) is 5.91 Å². The molecule has 0 atom stereocenters. The lowest BCUT2D eigenvalue weighted by atomic mass is 10.2. The quantitative estimate of drug-likeness (QED) is 0.729. The number of aromatic nitrogens is 2. The van der Waals surface area contributed by atoms with Gasteiger partial charge in [-0.15, -0.1) is 0 Å². The van der Waals surface area contributed by atoms with Gasteiger partial charge in [0.1, 0.15) is 5.69 Å². The largest absolute Gasteiger partial charge is 0.310 e. The molecule has 3 aromatic rings. The van der Waals surface area contributed by atoms with Crippen molar-refractivity contribution in [2.75, 3.05) is 11.9 Å². The van der Waals surface area contributed by atoms with Crippen LogP contribution in [0.2, 0.25) is 0 Å². The third-order valence-corrected chi connectivity index (χ3v) is 4.39. The number of carbonyl (C=O) groups is 1. The molecule has 0 unspecified atom stereocenters. The number of rotatable bonds is 4. The summed E-state index contributed by atoms with van der Waals surface area (Å²) < 4.78 is 1.77. The molecule has 4 heteroatoms. The fourth-order valence-corrected chi connectivity index (χ4v) is 2.84. The van der Waals surface area contributed by atoms with E-state index in [0.717, 1.165) is 29.9 Å². The number of para-hydroxylation sites is 2. The third-order valence-electron chi connectivity index (χ3n) is 4.39. The van der Waals surface area contributed by atoms with Gasteiger partial charge in [0.15, 0.2) is 0 Å². The summed E-state index contributed by atoms with van der Waals surface area (Å²) in [4.78, 5) is 14.7. The minimum absolute atomic E-state index is 0.0514. The number of benzene rings is 2. The lowest BCUT2D eigenvalue weighted by Gasteiger charge is -2.17. The third kappa shape index (κ3) is 2.71. The highest BCUT2D eigenvalue weighted by Crippen LogP contribution is 2.40. The summed E-state index contributed by atoms with van der Waals surface area (Å²) in [6, 6.07) is 21.5. The van der Waals surface area contributed by atoms with Crippen molar-refractivity contribution in [2.45, 2.75) is 18.8 Å². The number of anilines is 1. The Bertz CT molecular complexity index is 851. The van der Waals surface area contributed by atoms with E-state index in [9.17, 15) is 4.79 Å². The molecule has 1 fully saturated rings. The predicted molar refractivity (Wildman–Crippen MR) is 94.7 cm³/mol. The Morgan fingerprint density at radius 3 is 2.29 bits per heavy atom.